The van der Waals surface area contributed by atoms with E-state index in [9.17, 15) is 4.79 Å². The van der Waals surface area contributed by atoms with Gasteiger partial charge in [0.05, 0.1) is 19.3 Å². The lowest BCUT2D eigenvalue weighted by molar-refractivity contribution is 0.0600. The van der Waals surface area contributed by atoms with Crippen LogP contribution in [0.25, 0.3) is 10.8 Å². The number of carbonyl (C=O) groups is 1. The lowest BCUT2D eigenvalue weighted by Crippen LogP contribution is -2.46. The van der Waals surface area contributed by atoms with Gasteiger partial charge in [0.25, 0.3) is 0 Å². The van der Waals surface area contributed by atoms with Crippen molar-refractivity contribution in [3.05, 3.63) is 71.3 Å². The first-order valence-electron chi connectivity index (χ1n) is 8.46. The molecule has 2 aliphatic rings. The zero-order valence-corrected chi connectivity index (χ0v) is 14.0. The van der Waals surface area contributed by atoms with Crippen LogP contribution in [0.3, 0.4) is 0 Å². The summed E-state index contributed by atoms with van der Waals surface area (Å²) in [6.45, 7) is 2.56. The van der Waals surface area contributed by atoms with Crippen LogP contribution < -0.4 is 9.80 Å². The van der Waals surface area contributed by atoms with Crippen molar-refractivity contribution in [3.63, 3.8) is 0 Å². The van der Waals surface area contributed by atoms with Crippen LogP contribution in [0.15, 0.2) is 54.6 Å². The molecule has 2 aliphatic heterocycles. The summed E-state index contributed by atoms with van der Waals surface area (Å²) in [7, 11) is 1.42. The molecule has 0 radical (unpaired) electrons. The molecule has 0 amide bonds. The van der Waals surface area contributed by atoms with Crippen LogP contribution in [0.4, 0.5) is 11.4 Å². The highest BCUT2D eigenvalue weighted by atomic mass is 16.5. The van der Waals surface area contributed by atoms with Crippen molar-refractivity contribution in [3.8, 4) is 0 Å². The molecule has 25 heavy (non-hydrogen) atoms. The van der Waals surface area contributed by atoms with Gasteiger partial charge in [-0.25, -0.2) is 4.79 Å². The highest BCUT2D eigenvalue weighted by Gasteiger charge is 2.30. The highest BCUT2D eigenvalue weighted by molar-refractivity contribution is 5.93. The minimum Gasteiger partial charge on any atom is -0.465 e. The Morgan fingerprint density at radius 3 is 2.68 bits per heavy atom. The van der Waals surface area contributed by atoms with Crippen molar-refractivity contribution in [2.45, 2.75) is 13.1 Å². The minimum atomic E-state index is -0.284. The zero-order valence-electron chi connectivity index (χ0n) is 14.0. The molecule has 0 saturated heterocycles. The van der Waals surface area contributed by atoms with E-state index in [0.717, 1.165) is 25.4 Å². The van der Waals surface area contributed by atoms with Gasteiger partial charge in [0.2, 0.25) is 0 Å². The minimum absolute atomic E-state index is 0.284. The zero-order chi connectivity index (χ0) is 17.0. The van der Waals surface area contributed by atoms with Gasteiger partial charge >= 0.3 is 5.97 Å². The van der Waals surface area contributed by atoms with Gasteiger partial charge in [0, 0.05) is 30.0 Å². The fourth-order valence-electron chi connectivity index (χ4n) is 4.05. The van der Waals surface area contributed by atoms with Gasteiger partial charge in [-0.2, -0.15) is 0 Å². The second kappa shape index (κ2) is 5.24. The Kier molecular flexibility index (Phi) is 3.01. The topological polar surface area (TPSA) is 32.8 Å². The van der Waals surface area contributed by atoms with Gasteiger partial charge in [0.1, 0.15) is 0 Å². The average Bonchev–Trinajstić information content (AvgIpc) is 2.67. The largest absolute Gasteiger partial charge is 0.465 e. The number of carbonyl (C=O) groups excluding carboxylic acids is 1. The molecule has 0 aromatic heterocycles. The van der Waals surface area contributed by atoms with Gasteiger partial charge < -0.3 is 14.5 Å². The van der Waals surface area contributed by atoms with Crippen LogP contribution in [0.5, 0.6) is 0 Å². The SMILES string of the molecule is COC(=O)c1ccc2c(c1)N1Cc3c(ccc4ccccc34)N(C2)C1. The summed E-state index contributed by atoms with van der Waals surface area (Å²) < 4.78 is 4.88. The normalized spacial score (nSPS) is 14.9. The molecule has 3 aromatic rings. The molecule has 5 rings (SSSR count). The van der Waals surface area contributed by atoms with Crippen molar-refractivity contribution in [1.29, 1.82) is 0 Å². The molecule has 0 fully saturated rings. The van der Waals surface area contributed by atoms with E-state index in [1.807, 2.05) is 18.2 Å². The van der Waals surface area contributed by atoms with Crippen LogP contribution in [0.2, 0.25) is 0 Å². The lowest BCUT2D eigenvalue weighted by Gasteiger charge is -2.45. The van der Waals surface area contributed by atoms with E-state index in [0.29, 0.717) is 5.56 Å². The Morgan fingerprint density at radius 1 is 0.960 bits per heavy atom. The Labute approximate surface area is 146 Å². The molecule has 0 aliphatic carbocycles. The van der Waals surface area contributed by atoms with E-state index in [4.69, 9.17) is 4.74 Å². The van der Waals surface area contributed by atoms with E-state index < -0.39 is 0 Å². The van der Waals surface area contributed by atoms with Crippen LogP contribution >= 0.6 is 0 Å². The van der Waals surface area contributed by atoms with Gasteiger partial charge in [-0.15, -0.1) is 0 Å². The molecule has 0 saturated carbocycles. The number of anilines is 2. The molecular formula is C21H18N2O2. The van der Waals surface area contributed by atoms with Gasteiger partial charge in [-0.1, -0.05) is 36.4 Å². The molecule has 0 spiro atoms. The Balaban J connectivity index is 1.64. The summed E-state index contributed by atoms with van der Waals surface area (Å²) in [6, 6.07) is 18.9. The Morgan fingerprint density at radius 2 is 1.80 bits per heavy atom. The van der Waals surface area contributed by atoms with E-state index in [-0.39, 0.29) is 5.97 Å². The molecule has 124 valence electrons. The van der Waals surface area contributed by atoms with E-state index in [1.165, 1.54) is 34.7 Å². The molecule has 4 heteroatoms. The maximum absolute atomic E-state index is 11.9. The second-order valence-corrected chi connectivity index (χ2v) is 6.66. The first-order valence-corrected chi connectivity index (χ1v) is 8.46. The molecule has 0 N–H and O–H groups in total. The van der Waals surface area contributed by atoms with Gasteiger partial charge in [-0.05, 0) is 34.5 Å². The number of esters is 1. The fraction of sp³-hybridized carbons (Fsp3) is 0.190. The number of ether oxygens (including phenoxy) is 1. The maximum atomic E-state index is 11.9. The van der Waals surface area contributed by atoms with Crippen molar-refractivity contribution in [2.24, 2.45) is 0 Å². The van der Waals surface area contributed by atoms with Gasteiger partial charge in [-0.3, -0.25) is 0 Å². The third-order valence-corrected chi connectivity index (χ3v) is 5.26. The van der Waals surface area contributed by atoms with Crippen molar-refractivity contribution in [1.82, 2.24) is 0 Å². The predicted molar refractivity (Wildman–Crippen MR) is 99.0 cm³/mol. The Hall–Kier alpha value is -3.01. The predicted octanol–water partition coefficient (Wildman–Crippen LogP) is 3.92. The molecule has 4 nitrogen and oxygen atoms in total. The maximum Gasteiger partial charge on any atom is 0.337 e. The van der Waals surface area contributed by atoms with E-state index in [2.05, 4.69) is 46.2 Å². The van der Waals surface area contributed by atoms with E-state index in [1.54, 1.807) is 0 Å². The fourth-order valence-corrected chi connectivity index (χ4v) is 4.05. The van der Waals surface area contributed by atoms with Crippen molar-refractivity contribution in [2.75, 3.05) is 23.6 Å². The number of hydrogen-bond donors (Lipinski definition) is 0. The van der Waals surface area contributed by atoms with Crippen LogP contribution in [0, 0.1) is 0 Å². The first kappa shape index (κ1) is 14.3. The summed E-state index contributed by atoms with van der Waals surface area (Å²) in [5.74, 6) is -0.284. The first-order chi connectivity index (χ1) is 12.2. The van der Waals surface area contributed by atoms with Crippen LogP contribution in [-0.2, 0) is 17.8 Å². The second-order valence-electron chi connectivity index (χ2n) is 6.66. The van der Waals surface area contributed by atoms with E-state index >= 15 is 0 Å². The molecule has 2 bridgehead atoms. The summed E-state index contributed by atoms with van der Waals surface area (Å²) >= 11 is 0. The standard InChI is InChI=1S/C21H18N2O2/c1-25-21(24)15-6-7-16-11-22-13-23(20(16)10-15)12-18-17-5-3-2-4-14(17)8-9-19(18)22/h2-10H,11-13H2,1H3. The summed E-state index contributed by atoms with van der Waals surface area (Å²) in [4.78, 5) is 16.7. The molecule has 2 heterocycles. The quantitative estimate of drug-likeness (QED) is 0.633. The van der Waals surface area contributed by atoms with Crippen molar-refractivity contribution >= 4 is 28.1 Å². The third kappa shape index (κ3) is 2.10. The van der Waals surface area contributed by atoms with Crippen LogP contribution in [0.1, 0.15) is 21.5 Å². The lowest BCUT2D eigenvalue weighted by atomic mass is 9.96. The molecule has 3 aromatic carbocycles. The monoisotopic (exact) mass is 330 g/mol. The number of fused-ring (bicyclic) bond motifs is 8. The average molecular weight is 330 g/mol. The Bertz CT molecular complexity index is 1010. The summed E-state index contributed by atoms with van der Waals surface area (Å²) in [6.07, 6.45) is 0. The number of methoxy groups -OCH3 is 1. The third-order valence-electron chi connectivity index (χ3n) is 5.26. The number of hydrogen-bond acceptors (Lipinski definition) is 4. The number of rotatable bonds is 1. The molecule has 0 atom stereocenters. The number of benzene rings is 3. The number of nitrogens with zero attached hydrogens (tertiary/aromatic N) is 2. The van der Waals surface area contributed by atoms with Crippen LogP contribution in [-0.4, -0.2) is 19.7 Å². The van der Waals surface area contributed by atoms with Crippen molar-refractivity contribution < 1.29 is 9.53 Å². The van der Waals surface area contributed by atoms with Gasteiger partial charge in [0.15, 0.2) is 0 Å². The highest BCUT2D eigenvalue weighted by Crippen LogP contribution is 2.40. The smallest absolute Gasteiger partial charge is 0.337 e. The summed E-state index contributed by atoms with van der Waals surface area (Å²) in [5.41, 5.74) is 5.67. The molecular weight excluding hydrogens is 312 g/mol. The summed E-state index contributed by atoms with van der Waals surface area (Å²) in [5, 5.41) is 2.58. The molecule has 0 unspecified atom stereocenters.